The lowest BCUT2D eigenvalue weighted by Gasteiger charge is -2.11. The van der Waals surface area contributed by atoms with Gasteiger partial charge in [0.15, 0.2) is 0 Å². The van der Waals surface area contributed by atoms with Crippen LogP contribution in [-0.4, -0.2) is 11.8 Å². The molecule has 0 aliphatic carbocycles. The number of amides is 2. The second-order valence-electron chi connectivity index (χ2n) is 3.88. The maximum atomic E-state index is 11.4. The van der Waals surface area contributed by atoms with Crippen molar-refractivity contribution in [2.75, 3.05) is 0 Å². The third-order valence-corrected chi connectivity index (χ3v) is 2.59. The molecule has 4 heteroatoms. The fourth-order valence-electron chi connectivity index (χ4n) is 1.80. The molecule has 0 aliphatic heterocycles. The van der Waals surface area contributed by atoms with Crippen molar-refractivity contribution in [3.63, 3.8) is 0 Å². The zero-order valence-electron chi connectivity index (χ0n) is 10.1. The molecule has 18 heavy (non-hydrogen) atoms. The summed E-state index contributed by atoms with van der Waals surface area (Å²) in [6.45, 7) is 7.25. The molecule has 0 saturated heterocycles. The van der Waals surface area contributed by atoms with Crippen LogP contribution in [0.5, 0.6) is 0 Å². The maximum Gasteiger partial charge on any atom is 0.249 e. The van der Waals surface area contributed by atoms with Gasteiger partial charge in [-0.05, 0) is 30.0 Å². The summed E-state index contributed by atoms with van der Waals surface area (Å²) in [6, 6.07) is 3.20. The normalized spacial score (nSPS) is 9.78. The van der Waals surface area contributed by atoms with Crippen LogP contribution in [0.1, 0.15) is 31.8 Å². The third-order valence-electron chi connectivity index (χ3n) is 2.59. The number of carbonyl (C=O) groups excluding carboxylic acids is 2. The van der Waals surface area contributed by atoms with Crippen molar-refractivity contribution >= 4 is 11.8 Å². The zero-order chi connectivity index (χ0) is 13.7. The molecule has 0 radical (unpaired) electrons. The standard InChI is InChI=1S/C14H16N2O2/c1-3-5-9-7-10(6-4-2)12(14(16)18)8-11(9)13(15)17/h3-4,7-8H,1-2,5-6H2,(H2,15,17)(H2,16,18). The number of benzene rings is 1. The minimum atomic E-state index is -0.584. The molecular formula is C14H16N2O2. The first-order valence-corrected chi connectivity index (χ1v) is 5.48. The van der Waals surface area contributed by atoms with Crippen LogP contribution >= 0.6 is 0 Å². The van der Waals surface area contributed by atoms with Crippen LogP contribution in [-0.2, 0) is 12.8 Å². The molecule has 4 nitrogen and oxygen atoms in total. The molecule has 0 bridgehead atoms. The van der Waals surface area contributed by atoms with E-state index in [9.17, 15) is 9.59 Å². The molecule has 1 aromatic carbocycles. The van der Waals surface area contributed by atoms with E-state index in [0.717, 1.165) is 11.1 Å². The average molecular weight is 244 g/mol. The van der Waals surface area contributed by atoms with Gasteiger partial charge in [0.05, 0.1) is 0 Å². The molecule has 0 atom stereocenters. The first kappa shape index (κ1) is 13.7. The van der Waals surface area contributed by atoms with Gasteiger partial charge in [-0.1, -0.05) is 18.2 Å². The largest absolute Gasteiger partial charge is 0.366 e. The molecule has 0 heterocycles. The zero-order valence-corrected chi connectivity index (χ0v) is 10.1. The van der Waals surface area contributed by atoms with Crippen molar-refractivity contribution in [2.24, 2.45) is 11.5 Å². The second kappa shape index (κ2) is 5.82. The molecule has 0 aliphatic rings. The average Bonchev–Trinajstić information content (AvgIpc) is 2.29. The minimum absolute atomic E-state index is 0.302. The molecule has 94 valence electrons. The number of nitrogens with two attached hydrogens (primary N) is 2. The van der Waals surface area contributed by atoms with Crippen molar-refractivity contribution in [2.45, 2.75) is 12.8 Å². The van der Waals surface area contributed by atoms with E-state index in [-0.39, 0.29) is 0 Å². The highest BCUT2D eigenvalue weighted by Crippen LogP contribution is 2.19. The monoisotopic (exact) mass is 244 g/mol. The van der Waals surface area contributed by atoms with Crippen molar-refractivity contribution in [1.29, 1.82) is 0 Å². The van der Waals surface area contributed by atoms with Gasteiger partial charge in [-0.2, -0.15) is 0 Å². The predicted octanol–water partition coefficient (Wildman–Crippen LogP) is 1.34. The molecule has 0 aromatic heterocycles. The lowest BCUT2D eigenvalue weighted by Crippen LogP contribution is -2.19. The molecular weight excluding hydrogens is 228 g/mol. The quantitative estimate of drug-likeness (QED) is 0.740. The van der Waals surface area contributed by atoms with Crippen molar-refractivity contribution in [3.8, 4) is 0 Å². The summed E-state index contributed by atoms with van der Waals surface area (Å²) >= 11 is 0. The smallest absolute Gasteiger partial charge is 0.249 e. The molecule has 0 spiro atoms. The summed E-state index contributed by atoms with van der Waals surface area (Å²) in [5.74, 6) is -1.17. The van der Waals surface area contributed by atoms with Gasteiger partial charge in [-0.15, -0.1) is 13.2 Å². The van der Waals surface area contributed by atoms with Crippen molar-refractivity contribution < 1.29 is 9.59 Å². The third kappa shape index (κ3) is 2.85. The van der Waals surface area contributed by atoms with Crippen molar-refractivity contribution in [1.82, 2.24) is 0 Å². The van der Waals surface area contributed by atoms with E-state index in [4.69, 9.17) is 11.5 Å². The molecule has 0 saturated carbocycles. The van der Waals surface area contributed by atoms with Crippen LogP contribution in [0, 0.1) is 0 Å². The lowest BCUT2D eigenvalue weighted by molar-refractivity contribution is 0.0998. The van der Waals surface area contributed by atoms with Crippen LogP contribution < -0.4 is 11.5 Å². The Kier molecular flexibility index (Phi) is 4.43. The molecule has 0 fully saturated rings. The number of hydrogen-bond acceptors (Lipinski definition) is 2. The van der Waals surface area contributed by atoms with Gasteiger partial charge in [0.1, 0.15) is 0 Å². The fourth-order valence-corrected chi connectivity index (χ4v) is 1.80. The Bertz CT molecular complexity index is 476. The molecule has 2 amide bonds. The number of allylic oxidation sites excluding steroid dienone is 2. The van der Waals surface area contributed by atoms with E-state index < -0.39 is 11.8 Å². The van der Waals surface area contributed by atoms with E-state index in [1.165, 1.54) is 6.07 Å². The van der Waals surface area contributed by atoms with E-state index in [0.29, 0.717) is 24.0 Å². The SMILES string of the molecule is C=CCc1cc(CC=C)c(C(N)=O)cc1C(N)=O. The van der Waals surface area contributed by atoms with Gasteiger partial charge in [0.25, 0.3) is 0 Å². The van der Waals surface area contributed by atoms with Gasteiger partial charge in [-0.25, -0.2) is 0 Å². The molecule has 1 aromatic rings. The first-order valence-electron chi connectivity index (χ1n) is 5.48. The van der Waals surface area contributed by atoms with Gasteiger partial charge < -0.3 is 11.5 Å². The first-order chi connectivity index (χ1) is 8.51. The van der Waals surface area contributed by atoms with E-state index in [1.807, 2.05) is 0 Å². The molecule has 4 N–H and O–H groups in total. The summed E-state index contributed by atoms with van der Waals surface area (Å²) < 4.78 is 0. The number of primary amides is 2. The van der Waals surface area contributed by atoms with E-state index >= 15 is 0 Å². The predicted molar refractivity (Wildman–Crippen MR) is 71.3 cm³/mol. The van der Waals surface area contributed by atoms with Crippen LogP contribution in [0.2, 0.25) is 0 Å². The number of carbonyl (C=O) groups is 2. The van der Waals surface area contributed by atoms with Gasteiger partial charge >= 0.3 is 0 Å². The Balaban J connectivity index is 3.48. The Labute approximate surface area is 106 Å². The Morgan fingerprint density at radius 1 is 0.944 bits per heavy atom. The van der Waals surface area contributed by atoms with Crippen LogP contribution in [0.3, 0.4) is 0 Å². The lowest BCUT2D eigenvalue weighted by atomic mass is 9.94. The highest BCUT2D eigenvalue weighted by Gasteiger charge is 2.15. The van der Waals surface area contributed by atoms with Crippen LogP contribution in [0.15, 0.2) is 37.4 Å². The summed E-state index contributed by atoms with van der Waals surface area (Å²) in [6.07, 6.45) is 4.34. The van der Waals surface area contributed by atoms with Gasteiger partial charge in [0.2, 0.25) is 11.8 Å². The summed E-state index contributed by atoms with van der Waals surface area (Å²) in [7, 11) is 0. The Morgan fingerprint density at radius 3 is 1.61 bits per heavy atom. The van der Waals surface area contributed by atoms with E-state index in [2.05, 4.69) is 13.2 Å². The topological polar surface area (TPSA) is 86.2 Å². The molecule has 1 rings (SSSR count). The summed E-state index contributed by atoms with van der Waals surface area (Å²) in [5.41, 5.74) is 12.7. The van der Waals surface area contributed by atoms with Crippen molar-refractivity contribution in [3.05, 3.63) is 59.7 Å². The van der Waals surface area contributed by atoms with Crippen LogP contribution in [0.25, 0.3) is 0 Å². The van der Waals surface area contributed by atoms with Gasteiger partial charge in [-0.3, -0.25) is 9.59 Å². The Hall–Kier alpha value is -2.36. The molecule has 0 unspecified atom stereocenters. The summed E-state index contributed by atoms with van der Waals surface area (Å²) in [5, 5.41) is 0. The fraction of sp³-hybridized carbons (Fsp3) is 0.143. The minimum Gasteiger partial charge on any atom is -0.366 e. The highest BCUT2D eigenvalue weighted by atomic mass is 16.1. The number of hydrogen-bond donors (Lipinski definition) is 2. The summed E-state index contributed by atoms with van der Waals surface area (Å²) in [4.78, 5) is 22.7. The maximum absolute atomic E-state index is 11.4. The Morgan fingerprint density at radius 2 is 1.33 bits per heavy atom. The number of rotatable bonds is 6. The van der Waals surface area contributed by atoms with Gasteiger partial charge in [0, 0.05) is 11.1 Å². The second-order valence-corrected chi connectivity index (χ2v) is 3.88. The van der Waals surface area contributed by atoms with Crippen LogP contribution in [0.4, 0.5) is 0 Å². The highest BCUT2D eigenvalue weighted by molar-refractivity contribution is 6.00. The van der Waals surface area contributed by atoms with E-state index in [1.54, 1.807) is 18.2 Å².